The number of furan rings is 1. The highest BCUT2D eigenvalue weighted by Gasteiger charge is 2.28. The van der Waals surface area contributed by atoms with Gasteiger partial charge in [0.05, 0.1) is 12.2 Å². The van der Waals surface area contributed by atoms with Crippen LogP contribution in [0.3, 0.4) is 0 Å². The third-order valence-corrected chi connectivity index (χ3v) is 4.64. The molecule has 0 spiro atoms. The third kappa shape index (κ3) is 3.30. The number of likely N-dealkylation sites (tertiary alicyclic amines) is 1. The maximum Gasteiger partial charge on any atom is 0.289 e. The number of amides is 1. The predicted octanol–water partition coefficient (Wildman–Crippen LogP) is 0.909. The number of piperidine rings is 1. The molecule has 23 heavy (non-hydrogen) atoms. The number of hydrogen-bond acceptors (Lipinski definition) is 5. The van der Waals surface area contributed by atoms with Crippen LogP contribution in [-0.4, -0.2) is 42.1 Å². The number of nitrogens with zero attached hydrogens (tertiary/aromatic N) is 3. The average molecular weight is 338 g/mol. The van der Waals surface area contributed by atoms with E-state index in [9.17, 15) is 13.2 Å². The minimum atomic E-state index is -3.95. The van der Waals surface area contributed by atoms with Crippen molar-refractivity contribution < 1.29 is 17.6 Å². The maximum atomic E-state index is 12.5. The Bertz CT molecular complexity index is 823. The molecule has 1 atom stereocenters. The zero-order valence-corrected chi connectivity index (χ0v) is 13.5. The zero-order chi connectivity index (χ0) is 16.6. The number of carbonyl (C=O) groups excluding carboxylic acids is 1. The van der Waals surface area contributed by atoms with Gasteiger partial charge >= 0.3 is 0 Å². The number of nitrogens with two attached hydrogens (primary N) is 1. The van der Waals surface area contributed by atoms with Crippen LogP contribution in [0.4, 0.5) is 0 Å². The lowest BCUT2D eigenvalue weighted by Crippen LogP contribution is -2.40. The van der Waals surface area contributed by atoms with Crippen LogP contribution < -0.4 is 5.14 Å². The fraction of sp³-hybridized carbons (Fsp3) is 0.429. The van der Waals surface area contributed by atoms with Gasteiger partial charge in [-0.15, -0.1) is 0 Å². The summed E-state index contributed by atoms with van der Waals surface area (Å²) < 4.78 is 29.4. The standard InChI is InChI=1S/C14H18N4O4S/c1-10-7-16-18(8-10)11-3-2-6-17(9-11)14(19)12-4-5-13(22-12)23(15,20)21/h4-5,7-8,11H,2-3,6,9H2,1H3,(H2,15,20,21). The average Bonchev–Trinajstić information content (AvgIpc) is 3.15. The van der Waals surface area contributed by atoms with E-state index in [1.165, 1.54) is 12.1 Å². The van der Waals surface area contributed by atoms with Crippen LogP contribution in [0.15, 0.2) is 34.0 Å². The molecule has 2 N–H and O–H groups in total. The van der Waals surface area contributed by atoms with Gasteiger partial charge < -0.3 is 9.32 Å². The van der Waals surface area contributed by atoms with Gasteiger partial charge in [0.15, 0.2) is 5.76 Å². The van der Waals surface area contributed by atoms with Crippen molar-refractivity contribution in [2.24, 2.45) is 5.14 Å². The molecule has 1 unspecified atom stereocenters. The minimum absolute atomic E-state index is 0.0219. The summed E-state index contributed by atoms with van der Waals surface area (Å²) in [5.74, 6) is -0.361. The number of carbonyl (C=O) groups is 1. The Balaban J connectivity index is 1.75. The van der Waals surface area contributed by atoms with Crippen LogP contribution in [0.5, 0.6) is 0 Å². The van der Waals surface area contributed by atoms with Gasteiger partial charge in [0.25, 0.3) is 15.9 Å². The van der Waals surface area contributed by atoms with Crippen molar-refractivity contribution in [2.45, 2.75) is 30.9 Å². The van der Waals surface area contributed by atoms with E-state index < -0.39 is 15.1 Å². The fourth-order valence-corrected chi connectivity index (χ4v) is 3.20. The third-order valence-electron chi connectivity index (χ3n) is 3.86. The van der Waals surface area contributed by atoms with Crippen LogP contribution in [0.2, 0.25) is 0 Å². The van der Waals surface area contributed by atoms with Crippen LogP contribution in [0.1, 0.15) is 35.0 Å². The molecule has 0 saturated carbocycles. The predicted molar refractivity (Wildman–Crippen MR) is 81.2 cm³/mol. The highest BCUT2D eigenvalue weighted by Crippen LogP contribution is 2.23. The lowest BCUT2D eigenvalue weighted by Gasteiger charge is -2.32. The molecule has 0 bridgehead atoms. The fourth-order valence-electron chi connectivity index (χ4n) is 2.73. The van der Waals surface area contributed by atoms with Crippen LogP contribution >= 0.6 is 0 Å². The van der Waals surface area contributed by atoms with Crippen molar-refractivity contribution in [3.05, 3.63) is 35.9 Å². The first-order valence-corrected chi connectivity index (χ1v) is 8.82. The molecule has 0 aliphatic carbocycles. The van der Waals surface area contributed by atoms with E-state index in [0.29, 0.717) is 13.1 Å². The van der Waals surface area contributed by atoms with E-state index in [1.807, 2.05) is 17.8 Å². The Labute approximate surface area is 133 Å². The summed E-state index contributed by atoms with van der Waals surface area (Å²) in [6.07, 6.45) is 5.51. The molecule has 1 saturated heterocycles. The SMILES string of the molecule is Cc1cnn(C2CCCN(C(=O)c3ccc(S(N)(=O)=O)o3)C2)c1. The molecule has 9 heteroatoms. The first kappa shape index (κ1) is 15.8. The van der Waals surface area contributed by atoms with Crippen molar-refractivity contribution in [1.29, 1.82) is 0 Å². The van der Waals surface area contributed by atoms with Gasteiger partial charge in [0, 0.05) is 19.3 Å². The number of hydrogen-bond donors (Lipinski definition) is 1. The van der Waals surface area contributed by atoms with E-state index in [0.717, 1.165) is 18.4 Å². The molecular formula is C14H18N4O4S. The molecule has 3 rings (SSSR count). The Morgan fingerprint density at radius 1 is 1.43 bits per heavy atom. The van der Waals surface area contributed by atoms with Crippen molar-refractivity contribution >= 4 is 15.9 Å². The van der Waals surface area contributed by atoms with Gasteiger partial charge in [0.1, 0.15) is 0 Å². The minimum Gasteiger partial charge on any atom is -0.438 e. The first-order chi connectivity index (χ1) is 10.8. The molecule has 1 aliphatic heterocycles. The molecule has 1 amide bonds. The van der Waals surface area contributed by atoms with Gasteiger partial charge in [-0.25, -0.2) is 13.6 Å². The van der Waals surface area contributed by atoms with Crippen molar-refractivity contribution in [3.63, 3.8) is 0 Å². The second-order valence-electron chi connectivity index (χ2n) is 5.71. The number of rotatable bonds is 3. The van der Waals surface area contributed by atoms with E-state index >= 15 is 0 Å². The van der Waals surface area contributed by atoms with Crippen LogP contribution in [-0.2, 0) is 10.0 Å². The second kappa shape index (κ2) is 5.82. The molecule has 0 aromatic carbocycles. The molecule has 124 valence electrons. The number of primary sulfonamides is 1. The smallest absolute Gasteiger partial charge is 0.289 e. The van der Waals surface area contributed by atoms with Crippen molar-refractivity contribution in [3.8, 4) is 0 Å². The topological polar surface area (TPSA) is 111 Å². The molecular weight excluding hydrogens is 320 g/mol. The van der Waals surface area contributed by atoms with E-state index in [4.69, 9.17) is 9.56 Å². The largest absolute Gasteiger partial charge is 0.438 e. The maximum absolute atomic E-state index is 12.5. The van der Waals surface area contributed by atoms with E-state index in [-0.39, 0.29) is 17.7 Å². The second-order valence-corrected chi connectivity index (χ2v) is 7.20. The van der Waals surface area contributed by atoms with E-state index in [2.05, 4.69) is 5.10 Å². The van der Waals surface area contributed by atoms with E-state index in [1.54, 1.807) is 11.1 Å². The van der Waals surface area contributed by atoms with Crippen LogP contribution in [0.25, 0.3) is 0 Å². The lowest BCUT2D eigenvalue weighted by molar-refractivity contribution is 0.0635. The molecule has 2 aromatic heterocycles. The summed E-state index contributed by atoms with van der Waals surface area (Å²) in [5, 5.41) is 8.89. The highest BCUT2D eigenvalue weighted by molar-refractivity contribution is 7.89. The normalized spacial score (nSPS) is 19.0. The Morgan fingerprint density at radius 3 is 2.83 bits per heavy atom. The Hall–Kier alpha value is -2.13. The van der Waals surface area contributed by atoms with Gasteiger partial charge in [-0.2, -0.15) is 5.10 Å². The summed E-state index contributed by atoms with van der Waals surface area (Å²) in [6.45, 7) is 3.07. The summed E-state index contributed by atoms with van der Waals surface area (Å²) in [4.78, 5) is 14.1. The van der Waals surface area contributed by atoms with Gasteiger partial charge in [-0.1, -0.05) is 0 Å². The molecule has 0 radical (unpaired) electrons. The van der Waals surface area contributed by atoms with Gasteiger partial charge in [-0.05, 0) is 37.5 Å². The summed E-state index contributed by atoms with van der Waals surface area (Å²) in [7, 11) is -3.95. The summed E-state index contributed by atoms with van der Waals surface area (Å²) in [6, 6.07) is 2.64. The van der Waals surface area contributed by atoms with Crippen molar-refractivity contribution in [1.82, 2.24) is 14.7 Å². The Kier molecular flexibility index (Phi) is 3.99. The van der Waals surface area contributed by atoms with Gasteiger partial charge in [-0.3, -0.25) is 9.48 Å². The molecule has 1 aliphatic rings. The number of aromatic nitrogens is 2. The summed E-state index contributed by atoms with van der Waals surface area (Å²) >= 11 is 0. The Morgan fingerprint density at radius 2 is 2.22 bits per heavy atom. The first-order valence-electron chi connectivity index (χ1n) is 7.27. The lowest BCUT2D eigenvalue weighted by atomic mass is 10.1. The molecule has 1 fully saturated rings. The van der Waals surface area contributed by atoms with Crippen LogP contribution in [0, 0.1) is 6.92 Å². The molecule has 3 heterocycles. The number of sulfonamides is 1. The zero-order valence-electron chi connectivity index (χ0n) is 12.7. The summed E-state index contributed by atoms with van der Waals surface area (Å²) in [5.41, 5.74) is 1.07. The number of aryl methyl sites for hydroxylation is 1. The van der Waals surface area contributed by atoms with Crippen molar-refractivity contribution in [2.75, 3.05) is 13.1 Å². The quantitative estimate of drug-likeness (QED) is 0.894. The highest BCUT2D eigenvalue weighted by atomic mass is 32.2. The molecule has 2 aromatic rings. The monoisotopic (exact) mass is 338 g/mol. The molecule has 8 nitrogen and oxygen atoms in total. The van der Waals surface area contributed by atoms with Gasteiger partial charge in [0.2, 0.25) is 5.09 Å².